The van der Waals surface area contributed by atoms with Gasteiger partial charge in [0.05, 0.1) is 22.1 Å². The number of hydrogen-bond acceptors (Lipinski definition) is 4. The SMILES string of the molecule is CCCCOCCNC(=O)c1cc([N+](=O)[O-])ccc1Cl. The molecule has 0 unspecified atom stereocenters. The zero-order valence-electron chi connectivity index (χ0n) is 11.2. The van der Waals surface area contributed by atoms with Crippen molar-refractivity contribution in [3.63, 3.8) is 0 Å². The highest BCUT2D eigenvalue weighted by atomic mass is 35.5. The van der Waals surface area contributed by atoms with Crippen molar-refractivity contribution in [1.82, 2.24) is 5.32 Å². The van der Waals surface area contributed by atoms with Crippen molar-refractivity contribution in [1.29, 1.82) is 0 Å². The third kappa shape index (κ3) is 5.14. The van der Waals surface area contributed by atoms with Crippen molar-refractivity contribution in [3.05, 3.63) is 38.9 Å². The van der Waals surface area contributed by atoms with Crippen LogP contribution >= 0.6 is 11.6 Å². The molecule has 0 fully saturated rings. The van der Waals surface area contributed by atoms with Gasteiger partial charge in [-0.1, -0.05) is 24.9 Å². The van der Waals surface area contributed by atoms with Crippen LogP contribution in [-0.2, 0) is 4.74 Å². The van der Waals surface area contributed by atoms with Crippen LogP contribution in [0.2, 0.25) is 5.02 Å². The lowest BCUT2D eigenvalue weighted by Crippen LogP contribution is -2.27. The normalized spacial score (nSPS) is 10.3. The Kier molecular flexibility index (Phi) is 6.97. The molecule has 1 N–H and O–H groups in total. The summed E-state index contributed by atoms with van der Waals surface area (Å²) >= 11 is 5.86. The van der Waals surface area contributed by atoms with Crippen molar-refractivity contribution < 1.29 is 14.5 Å². The molecule has 0 saturated heterocycles. The third-order valence-corrected chi connectivity index (χ3v) is 2.91. The summed E-state index contributed by atoms with van der Waals surface area (Å²) < 4.78 is 5.30. The second-order valence-corrected chi connectivity index (χ2v) is 4.55. The Morgan fingerprint density at radius 3 is 2.85 bits per heavy atom. The number of benzene rings is 1. The predicted octanol–water partition coefficient (Wildman–Crippen LogP) is 2.79. The molecule has 7 heteroatoms. The average molecular weight is 301 g/mol. The maximum Gasteiger partial charge on any atom is 0.270 e. The molecule has 1 aromatic carbocycles. The Labute approximate surface area is 122 Å². The van der Waals surface area contributed by atoms with E-state index in [9.17, 15) is 14.9 Å². The minimum atomic E-state index is -0.568. The summed E-state index contributed by atoms with van der Waals surface area (Å²) in [5, 5.41) is 13.5. The first-order valence-corrected chi connectivity index (χ1v) is 6.74. The molecule has 0 heterocycles. The first kappa shape index (κ1) is 16.4. The molecule has 1 rings (SSSR count). The molecular weight excluding hydrogens is 284 g/mol. The van der Waals surface area contributed by atoms with Crippen molar-refractivity contribution in [2.75, 3.05) is 19.8 Å². The summed E-state index contributed by atoms with van der Waals surface area (Å²) in [5.74, 6) is -0.446. The topological polar surface area (TPSA) is 81.5 Å². The molecule has 0 spiro atoms. The van der Waals surface area contributed by atoms with E-state index in [-0.39, 0.29) is 16.3 Å². The number of ether oxygens (including phenoxy) is 1. The Balaban J connectivity index is 2.50. The molecule has 1 aromatic rings. The quantitative estimate of drug-likeness (QED) is 0.455. The van der Waals surface area contributed by atoms with Crippen molar-refractivity contribution in [3.8, 4) is 0 Å². The van der Waals surface area contributed by atoms with Crippen LogP contribution in [0.15, 0.2) is 18.2 Å². The van der Waals surface area contributed by atoms with E-state index >= 15 is 0 Å². The van der Waals surface area contributed by atoms with Gasteiger partial charge >= 0.3 is 0 Å². The first-order valence-electron chi connectivity index (χ1n) is 6.36. The number of rotatable bonds is 8. The van der Waals surface area contributed by atoms with E-state index in [0.717, 1.165) is 18.9 Å². The predicted molar refractivity (Wildman–Crippen MR) is 76.2 cm³/mol. The molecule has 0 saturated carbocycles. The molecule has 0 radical (unpaired) electrons. The summed E-state index contributed by atoms with van der Waals surface area (Å²) in [6.07, 6.45) is 2.03. The van der Waals surface area contributed by atoms with E-state index in [1.54, 1.807) is 0 Å². The van der Waals surface area contributed by atoms with Gasteiger partial charge in [-0.3, -0.25) is 14.9 Å². The Morgan fingerprint density at radius 2 is 2.20 bits per heavy atom. The van der Waals surface area contributed by atoms with Crippen LogP contribution in [0.3, 0.4) is 0 Å². The maximum atomic E-state index is 11.9. The van der Waals surface area contributed by atoms with Crippen LogP contribution in [0.1, 0.15) is 30.1 Å². The molecule has 0 atom stereocenters. The largest absolute Gasteiger partial charge is 0.380 e. The summed E-state index contributed by atoms with van der Waals surface area (Å²) in [6, 6.07) is 3.76. The molecule has 0 aromatic heterocycles. The van der Waals surface area contributed by atoms with Gasteiger partial charge < -0.3 is 10.1 Å². The fourth-order valence-corrected chi connectivity index (χ4v) is 1.68. The molecule has 0 aliphatic rings. The number of nitrogens with one attached hydrogen (secondary N) is 1. The smallest absolute Gasteiger partial charge is 0.270 e. The lowest BCUT2D eigenvalue weighted by Gasteiger charge is -2.07. The number of carbonyl (C=O) groups excluding carboxylic acids is 1. The molecule has 0 aliphatic heterocycles. The molecule has 6 nitrogen and oxygen atoms in total. The highest BCUT2D eigenvalue weighted by Crippen LogP contribution is 2.21. The number of non-ortho nitro benzene ring substituents is 1. The minimum absolute atomic E-state index is 0.0921. The first-order chi connectivity index (χ1) is 9.56. The van der Waals surface area contributed by atoms with E-state index in [0.29, 0.717) is 19.8 Å². The van der Waals surface area contributed by atoms with E-state index in [4.69, 9.17) is 16.3 Å². The number of nitrogens with zero attached hydrogens (tertiary/aromatic N) is 1. The fraction of sp³-hybridized carbons (Fsp3) is 0.462. The zero-order valence-corrected chi connectivity index (χ0v) is 12.0. The van der Waals surface area contributed by atoms with Crippen LogP contribution in [-0.4, -0.2) is 30.6 Å². The van der Waals surface area contributed by atoms with Gasteiger partial charge in [-0.05, 0) is 12.5 Å². The zero-order chi connectivity index (χ0) is 15.0. The van der Waals surface area contributed by atoms with Crippen LogP contribution in [0.25, 0.3) is 0 Å². The Bertz CT molecular complexity index is 479. The molecule has 20 heavy (non-hydrogen) atoms. The van der Waals surface area contributed by atoms with E-state index in [2.05, 4.69) is 12.2 Å². The molecule has 1 amide bonds. The lowest BCUT2D eigenvalue weighted by molar-refractivity contribution is -0.384. The van der Waals surface area contributed by atoms with Gasteiger partial charge in [-0.2, -0.15) is 0 Å². The van der Waals surface area contributed by atoms with Gasteiger partial charge in [-0.15, -0.1) is 0 Å². The second kappa shape index (κ2) is 8.50. The highest BCUT2D eigenvalue weighted by molar-refractivity contribution is 6.33. The number of amides is 1. The fourth-order valence-electron chi connectivity index (χ4n) is 1.48. The lowest BCUT2D eigenvalue weighted by atomic mass is 10.2. The van der Waals surface area contributed by atoms with Gasteiger partial charge in [-0.25, -0.2) is 0 Å². The van der Waals surface area contributed by atoms with Crippen molar-refractivity contribution in [2.24, 2.45) is 0 Å². The monoisotopic (exact) mass is 300 g/mol. The van der Waals surface area contributed by atoms with Crippen LogP contribution in [0.4, 0.5) is 5.69 Å². The van der Waals surface area contributed by atoms with Crippen molar-refractivity contribution in [2.45, 2.75) is 19.8 Å². The Morgan fingerprint density at radius 1 is 1.45 bits per heavy atom. The number of hydrogen-bond donors (Lipinski definition) is 1. The van der Waals surface area contributed by atoms with Crippen LogP contribution in [0, 0.1) is 10.1 Å². The van der Waals surface area contributed by atoms with E-state index in [1.807, 2.05) is 0 Å². The van der Waals surface area contributed by atoms with Gasteiger partial charge in [0.25, 0.3) is 11.6 Å². The Hall–Kier alpha value is -1.66. The van der Waals surface area contributed by atoms with Gasteiger partial charge in [0.1, 0.15) is 0 Å². The molecule has 0 aliphatic carbocycles. The second-order valence-electron chi connectivity index (χ2n) is 4.14. The maximum absolute atomic E-state index is 11.9. The van der Waals surface area contributed by atoms with E-state index in [1.165, 1.54) is 12.1 Å². The third-order valence-electron chi connectivity index (χ3n) is 2.58. The van der Waals surface area contributed by atoms with Crippen molar-refractivity contribution >= 4 is 23.2 Å². The van der Waals surface area contributed by atoms with Gasteiger partial charge in [0.15, 0.2) is 0 Å². The van der Waals surface area contributed by atoms with Gasteiger partial charge in [0.2, 0.25) is 0 Å². The highest BCUT2D eigenvalue weighted by Gasteiger charge is 2.15. The number of carbonyl (C=O) groups is 1. The summed E-state index contributed by atoms with van der Waals surface area (Å²) in [6.45, 7) is 3.46. The molecule has 110 valence electrons. The number of nitro groups is 1. The summed E-state index contributed by atoms with van der Waals surface area (Å²) in [5.41, 5.74) is -0.0758. The van der Waals surface area contributed by atoms with Gasteiger partial charge in [0, 0.05) is 25.3 Å². The molecule has 0 bridgehead atoms. The number of nitro benzene ring substituents is 1. The molecular formula is C13H17ClN2O4. The van der Waals surface area contributed by atoms with Crippen LogP contribution in [0.5, 0.6) is 0 Å². The summed E-state index contributed by atoms with van der Waals surface area (Å²) in [4.78, 5) is 21.9. The minimum Gasteiger partial charge on any atom is -0.380 e. The van der Waals surface area contributed by atoms with Crippen LogP contribution < -0.4 is 5.32 Å². The summed E-state index contributed by atoms with van der Waals surface area (Å²) in [7, 11) is 0. The van der Waals surface area contributed by atoms with E-state index < -0.39 is 10.8 Å². The average Bonchev–Trinajstić information content (AvgIpc) is 2.42. The number of unbranched alkanes of at least 4 members (excludes halogenated alkanes) is 1. The number of halogens is 1. The standard InChI is InChI=1S/C13H17ClN2O4/c1-2-3-7-20-8-6-15-13(17)11-9-10(16(18)19)4-5-12(11)14/h4-5,9H,2-3,6-8H2,1H3,(H,15,17).